The number of nitriles is 1. The standard InChI is InChI=1S/C14H15F3N2O/c15-14(16,17)11-1-2-12(10(7-11)8-18)19-9-13(3-4-13)5-6-20/h1-2,7,19-20H,3-6,9H2. The van der Waals surface area contributed by atoms with Gasteiger partial charge >= 0.3 is 6.18 Å². The summed E-state index contributed by atoms with van der Waals surface area (Å²) in [4.78, 5) is 0. The van der Waals surface area contributed by atoms with Crippen LogP contribution in [0.25, 0.3) is 0 Å². The largest absolute Gasteiger partial charge is 0.416 e. The highest BCUT2D eigenvalue weighted by atomic mass is 19.4. The molecular weight excluding hydrogens is 269 g/mol. The molecule has 3 nitrogen and oxygen atoms in total. The van der Waals surface area contributed by atoms with Gasteiger partial charge in [-0.3, -0.25) is 0 Å². The summed E-state index contributed by atoms with van der Waals surface area (Å²) in [6.07, 6.45) is -1.80. The van der Waals surface area contributed by atoms with Gasteiger partial charge in [0.2, 0.25) is 0 Å². The smallest absolute Gasteiger partial charge is 0.396 e. The Balaban J connectivity index is 2.11. The molecule has 20 heavy (non-hydrogen) atoms. The number of alkyl halides is 3. The molecule has 2 N–H and O–H groups in total. The van der Waals surface area contributed by atoms with Crippen molar-refractivity contribution in [3.05, 3.63) is 29.3 Å². The van der Waals surface area contributed by atoms with E-state index < -0.39 is 11.7 Å². The maximum atomic E-state index is 12.6. The Morgan fingerprint density at radius 2 is 2.05 bits per heavy atom. The van der Waals surface area contributed by atoms with Crippen LogP contribution in [0.2, 0.25) is 0 Å². The molecule has 0 aliphatic heterocycles. The highest BCUT2D eigenvalue weighted by Gasteiger charge is 2.41. The van der Waals surface area contributed by atoms with Crippen LogP contribution in [0.4, 0.5) is 18.9 Å². The lowest BCUT2D eigenvalue weighted by Gasteiger charge is -2.17. The summed E-state index contributed by atoms with van der Waals surface area (Å²) in [6.45, 7) is 0.660. The van der Waals surface area contributed by atoms with Crippen molar-refractivity contribution in [2.45, 2.75) is 25.4 Å². The number of anilines is 1. The Morgan fingerprint density at radius 3 is 2.55 bits per heavy atom. The number of hydrogen-bond acceptors (Lipinski definition) is 3. The van der Waals surface area contributed by atoms with Crippen molar-refractivity contribution in [3.63, 3.8) is 0 Å². The molecule has 0 radical (unpaired) electrons. The van der Waals surface area contributed by atoms with Crippen LogP contribution in [-0.2, 0) is 6.18 Å². The SMILES string of the molecule is N#Cc1cc(C(F)(F)F)ccc1NCC1(CCO)CC1. The van der Waals surface area contributed by atoms with Gasteiger partial charge in [0, 0.05) is 13.2 Å². The van der Waals surface area contributed by atoms with Crippen LogP contribution >= 0.6 is 0 Å². The van der Waals surface area contributed by atoms with Crippen molar-refractivity contribution in [2.75, 3.05) is 18.5 Å². The van der Waals surface area contributed by atoms with Crippen molar-refractivity contribution < 1.29 is 18.3 Å². The molecule has 108 valence electrons. The van der Waals surface area contributed by atoms with Crippen LogP contribution in [0.15, 0.2) is 18.2 Å². The van der Waals surface area contributed by atoms with Gasteiger partial charge in [-0.05, 0) is 42.9 Å². The van der Waals surface area contributed by atoms with Crippen LogP contribution in [-0.4, -0.2) is 18.3 Å². The number of benzene rings is 1. The molecule has 1 aliphatic rings. The van der Waals surface area contributed by atoms with Crippen molar-refractivity contribution in [3.8, 4) is 6.07 Å². The summed E-state index contributed by atoms with van der Waals surface area (Å²) >= 11 is 0. The zero-order chi connectivity index (χ0) is 14.8. The van der Waals surface area contributed by atoms with E-state index in [1.54, 1.807) is 6.07 Å². The Kier molecular flexibility index (Phi) is 3.91. The number of nitrogens with zero attached hydrogens (tertiary/aromatic N) is 1. The lowest BCUT2D eigenvalue weighted by Crippen LogP contribution is -2.17. The summed E-state index contributed by atoms with van der Waals surface area (Å²) in [5.41, 5.74) is -0.398. The highest BCUT2D eigenvalue weighted by molar-refractivity contribution is 5.59. The van der Waals surface area contributed by atoms with Gasteiger partial charge in [0.25, 0.3) is 0 Å². The fourth-order valence-electron chi connectivity index (χ4n) is 2.18. The molecular formula is C14H15F3N2O. The molecule has 1 fully saturated rings. The van der Waals surface area contributed by atoms with Crippen LogP contribution in [0.5, 0.6) is 0 Å². The maximum Gasteiger partial charge on any atom is 0.416 e. The van der Waals surface area contributed by atoms with E-state index in [1.165, 1.54) is 6.07 Å². The first-order valence-corrected chi connectivity index (χ1v) is 6.36. The molecule has 0 amide bonds. The fraction of sp³-hybridized carbons (Fsp3) is 0.500. The zero-order valence-corrected chi connectivity index (χ0v) is 10.8. The van der Waals surface area contributed by atoms with Crippen molar-refractivity contribution in [2.24, 2.45) is 5.41 Å². The number of hydrogen-bond donors (Lipinski definition) is 2. The lowest BCUT2D eigenvalue weighted by molar-refractivity contribution is -0.137. The normalized spacial score (nSPS) is 16.6. The third-order valence-corrected chi connectivity index (χ3v) is 3.72. The summed E-state index contributed by atoms with van der Waals surface area (Å²) in [6, 6.07) is 4.90. The number of halogens is 3. The second-order valence-electron chi connectivity index (χ2n) is 5.20. The Labute approximate surface area is 115 Å². The van der Waals surface area contributed by atoms with E-state index in [-0.39, 0.29) is 17.6 Å². The fourth-order valence-corrected chi connectivity index (χ4v) is 2.18. The third-order valence-electron chi connectivity index (χ3n) is 3.72. The molecule has 6 heteroatoms. The van der Waals surface area contributed by atoms with Gasteiger partial charge < -0.3 is 10.4 Å². The first-order chi connectivity index (χ1) is 9.40. The van der Waals surface area contributed by atoms with Gasteiger partial charge in [-0.15, -0.1) is 0 Å². The molecule has 1 aliphatic carbocycles. The van der Waals surface area contributed by atoms with Crippen molar-refractivity contribution >= 4 is 5.69 Å². The maximum absolute atomic E-state index is 12.6. The number of nitrogens with one attached hydrogen (secondary N) is 1. The van der Waals surface area contributed by atoms with Crippen LogP contribution < -0.4 is 5.32 Å². The predicted octanol–water partition coefficient (Wildman–Crippen LogP) is 3.15. The lowest BCUT2D eigenvalue weighted by atomic mass is 10.0. The van der Waals surface area contributed by atoms with Gasteiger partial charge in [0.05, 0.1) is 16.8 Å². The Bertz CT molecular complexity index is 530. The minimum Gasteiger partial charge on any atom is -0.396 e. The van der Waals surface area contributed by atoms with Gasteiger partial charge in [-0.2, -0.15) is 18.4 Å². The molecule has 0 atom stereocenters. The van der Waals surface area contributed by atoms with Crippen LogP contribution in [0.1, 0.15) is 30.4 Å². The molecule has 0 unspecified atom stereocenters. The third kappa shape index (κ3) is 3.23. The second-order valence-corrected chi connectivity index (χ2v) is 5.20. The van der Waals surface area contributed by atoms with Gasteiger partial charge in [0.1, 0.15) is 6.07 Å². The number of rotatable bonds is 5. The molecule has 1 aromatic rings. The molecule has 1 saturated carbocycles. The molecule has 0 aromatic heterocycles. The average molecular weight is 284 g/mol. The molecule has 1 aromatic carbocycles. The molecule has 0 bridgehead atoms. The van der Waals surface area contributed by atoms with E-state index in [2.05, 4.69) is 5.32 Å². The van der Waals surface area contributed by atoms with E-state index in [0.717, 1.165) is 25.0 Å². The summed E-state index contributed by atoms with van der Waals surface area (Å²) < 4.78 is 37.7. The van der Waals surface area contributed by atoms with E-state index >= 15 is 0 Å². The Morgan fingerprint density at radius 1 is 1.35 bits per heavy atom. The monoisotopic (exact) mass is 284 g/mol. The average Bonchev–Trinajstić information content (AvgIpc) is 3.16. The second kappa shape index (κ2) is 5.33. The van der Waals surface area contributed by atoms with E-state index in [9.17, 15) is 13.2 Å². The van der Waals surface area contributed by atoms with Crippen molar-refractivity contribution in [1.29, 1.82) is 5.26 Å². The summed E-state index contributed by atoms with van der Waals surface area (Å²) in [5.74, 6) is 0. The Hall–Kier alpha value is -1.74. The predicted molar refractivity (Wildman–Crippen MR) is 68.0 cm³/mol. The minimum atomic E-state index is -4.45. The van der Waals surface area contributed by atoms with Crippen LogP contribution in [0.3, 0.4) is 0 Å². The topological polar surface area (TPSA) is 56.0 Å². The van der Waals surface area contributed by atoms with Gasteiger partial charge in [0.15, 0.2) is 0 Å². The van der Waals surface area contributed by atoms with Gasteiger partial charge in [-0.1, -0.05) is 0 Å². The highest BCUT2D eigenvalue weighted by Crippen LogP contribution is 2.48. The molecule has 0 spiro atoms. The van der Waals surface area contributed by atoms with E-state index in [0.29, 0.717) is 18.7 Å². The van der Waals surface area contributed by atoms with Crippen LogP contribution in [0, 0.1) is 16.7 Å². The molecule has 0 saturated heterocycles. The number of aliphatic hydroxyl groups is 1. The summed E-state index contributed by atoms with van der Waals surface area (Å²) in [5, 5.41) is 20.9. The minimum absolute atomic E-state index is 0.0142. The van der Waals surface area contributed by atoms with Crippen molar-refractivity contribution in [1.82, 2.24) is 0 Å². The first-order valence-electron chi connectivity index (χ1n) is 6.36. The van der Waals surface area contributed by atoms with E-state index in [1.807, 2.05) is 0 Å². The van der Waals surface area contributed by atoms with Gasteiger partial charge in [-0.25, -0.2) is 0 Å². The molecule has 2 rings (SSSR count). The zero-order valence-electron chi connectivity index (χ0n) is 10.8. The quantitative estimate of drug-likeness (QED) is 0.873. The number of aliphatic hydroxyl groups excluding tert-OH is 1. The first kappa shape index (κ1) is 14.7. The summed E-state index contributed by atoms with van der Waals surface area (Å²) in [7, 11) is 0. The van der Waals surface area contributed by atoms with E-state index in [4.69, 9.17) is 10.4 Å². The molecule has 0 heterocycles.